The van der Waals surface area contributed by atoms with Gasteiger partial charge in [-0.3, -0.25) is 14.3 Å². The summed E-state index contributed by atoms with van der Waals surface area (Å²) < 4.78 is 1.58. The minimum absolute atomic E-state index is 0. The predicted octanol–water partition coefficient (Wildman–Crippen LogP) is 3.21. The van der Waals surface area contributed by atoms with Crippen LogP contribution in [0.2, 0.25) is 0 Å². The molecule has 2 amide bonds. The SMILES string of the molecule is CCC(CC)(CN)C(=O)Nc1cccc(NC(=O)C(C)n2cccn2)c1.Cl. The lowest BCUT2D eigenvalue weighted by Gasteiger charge is -2.28. The summed E-state index contributed by atoms with van der Waals surface area (Å²) in [5, 5.41) is 9.84. The first-order valence-corrected chi connectivity index (χ1v) is 8.87. The molecule has 0 saturated heterocycles. The van der Waals surface area contributed by atoms with Gasteiger partial charge in [0.15, 0.2) is 0 Å². The van der Waals surface area contributed by atoms with Crippen molar-refractivity contribution in [2.24, 2.45) is 11.1 Å². The smallest absolute Gasteiger partial charge is 0.248 e. The monoisotopic (exact) mass is 393 g/mol. The van der Waals surface area contributed by atoms with Crippen molar-refractivity contribution < 1.29 is 9.59 Å². The standard InChI is InChI=1S/C19H27N5O2.ClH/c1-4-19(5-2,13-20)18(26)23-16-9-6-8-15(12-16)22-17(25)14(3)24-11-7-10-21-24;/h6-12,14H,4-5,13,20H2,1-3H3,(H,22,25)(H,23,26);1H. The molecule has 1 aromatic heterocycles. The van der Waals surface area contributed by atoms with Crippen molar-refractivity contribution >= 4 is 35.6 Å². The number of nitrogens with two attached hydrogens (primary N) is 1. The summed E-state index contributed by atoms with van der Waals surface area (Å²) in [6.45, 7) is 5.99. The number of halogens is 1. The third-order valence-corrected chi connectivity index (χ3v) is 4.92. The number of rotatable bonds is 8. The zero-order valence-corrected chi connectivity index (χ0v) is 16.8. The maximum absolute atomic E-state index is 12.6. The quantitative estimate of drug-likeness (QED) is 0.640. The van der Waals surface area contributed by atoms with E-state index in [0.29, 0.717) is 30.8 Å². The number of amides is 2. The van der Waals surface area contributed by atoms with Crippen molar-refractivity contribution in [3.8, 4) is 0 Å². The normalized spacial score (nSPS) is 12.0. The Labute approximate surface area is 166 Å². The van der Waals surface area contributed by atoms with Crippen LogP contribution in [0.5, 0.6) is 0 Å². The fourth-order valence-corrected chi connectivity index (χ4v) is 2.77. The molecule has 1 unspecified atom stereocenters. The first kappa shape index (κ1) is 22.7. The van der Waals surface area contributed by atoms with Gasteiger partial charge in [-0.2, -0.15) is 5.10 Å². The van der Waals surface area contributed by atoms with Gasteiger partial charge >= 0.3 is 0 Å². The molecule has 0 spiro atoms. The number of benzene rings is 1. The van der Waals surface area contributed by atoms with E-state index in [4.69, 9.17) is 5.73 Å². The Morgan fingerprint density at radius 3 is 2.33 bits per heavy atom. The van der Waals surface area contributed by atoms with Crippen molar-refractivity contribution in [3.05, 3.63) is 42.7 Å². The first-order valence-electron chi connectivity index (χ1n) is 8.87. The molecule has 7 nitrogen and oxygen atoms in total. The summed E-state index contributed by atoms with van der Waals surface area (Å²) in [5.74, 6) is -0.283. The number of carbonyl (C=O) groups is 2. The molecule has 0 radical (unpaired) electrons. The van der Waals surface area contributed by atoms with E-state index < -0.39 is 11.5 Å². The zero-order chi connectivity index (χ0) is 19.2. The van der Waals surface area contributed by atoms with Crippen LogP contribution in [0.1, 0.15) is 39.7 Å². The highest BCUT2D eigenvalue weighted by Crippen LogP contribution is 2.27. The summed E-state index contributed by atoms with van der Waals surface area (Å²) in [4.78, 5) is 25.0. The lowest BCUT2D eigenvalue weighted by Crippen LogP contribution is -2.41. The molecular weight excluding hydrogens is 366 g/mol. The van der Waals surface area contributed by atoms with E-state index in [1.165, 1.54) is 0 Å². The Bertz CT molecular complexity index is 736. The average molecular weight is 394 g/mol. The van der Waals surface area contributed by atoms with Gasteiger partial charge in [0.25, 0.3) is 0 Å². The van der Waals surface area contributed by atoms with Crippen LogP contribution >= 0.6 is 12.4 Å². The summed E-state index contributed by atoms with van der Waals surface area (Å²) in [7, 11) is 0. The minimum Gasteiger partial charge on any atom is -0.329 e. The van der Waals surface area contributed by atoms with Crippen LogP contribution in [0.25, 0.3) is 0 Å². The molecule has 0 aliphatic heterocycles. The molecule has 0 saturated carbocycles. The number of nitrogens with zero attached hydrogens (tertiary/aromatic N) is 2. The van der Waals surface area contributed by atoms with Crippen LogP contribution in [0.15, 0.2) is 42.7 Å². The lowest BCUT2D eigenvalue weighted by molar-refractivity contribution is -0.125. The van der Waals surface area contributed by atoms with Gasteiger partial charge in [0.1, 0.15) is 6.04 Å². The third-order valence-electron chi connectivity index (χ3n) is 4.92. The second-order valence-corrected chi connectivity index (χ2v) is 6.38. The first-order chi connectivity index (χ1) is 12.5. The average Bonchev–Trinajstić information content (AvgIpc) is 3.18. The largest absolute Gasteiger partial charge is 0.329 e. The van der Waals surface area contributed by atoms with E-state index in [1.807, 2.05) is 13.8 Å². The Morgan fingerprint density at radius 1 is 1.19 bits per heavy atom. The van der Waals surface area contributed by atoms with Gasteiger partial charge in [-0.25, -0.2) is 0 Å². The number of hydrogen-bond acceptors (Lipinski definition) is 4. The fourth-order valence-electron chi connectivity index (χ4n) is 2.77. The van der Waals surface area contributed by atoms with Crippen molar-refractivity contribution in [3.63, 3.8) is 0 Å². The second-order valence-electron chi connectivity index (χ2n) is 6.38. The molecule has 4 N–H and O–H groups in total. The van der Waals surface area contributed by atoms with Crippen molar-refractivity contribution in [2.45, 2.75) is 39.7 Å². The highest BCUT2D eigenvalue weighted by Gasteiger charge is 2.33. The van der Waals surface area contributed by atoms with Gasteiger partial charge in [-0.05, 0) is 44.0 Å². The predicted molar refractivity (Wildman–Crippen MR) is 110 cm³/mol. The molecule has 2 aromatic rings. The maximum atomic E-state index is 12.6. The Kier molecular flexibility index (Phi) is 8.46. The number of carbonyl (C=O) groups excluding carboxylic acids is 2. The minimum atomic E-state index is -0.576. The fraction of sp³-hybridized carbons (Fsp3) is 0.421. The van der Waals surface area contributed by atoms with E-state index in [2.05, 4.69) is 15.7 Å². The third kappa shape index (κ3) is 5.30. The zero-order valence-electron chi connectivity index (χ0n) is 15.9. The van der Waals surface area contributed by atoms with Crippen LogP contribution in [0.4, 0.5) is 11.4 Å². The van der Waals surface area contributed by atoms with Crippen LogP contribution in [0, 0.1) is 5.41 Å². The molecule has 27 heavy (non-hydrogen) atoms. The summed E-state index contributed by atoms with van der Waals surface area (Å²) in [5.41, 5.74) is 6.49. The van der Waals surface area contributed by atoms with Crippen molar-refractivity contribution in [1.29, 1.82) is 0 Å². The van der Waals surface area contributed by atoms with E-state index in [9.17, 15) is 9.59 Å². The Hall–Kier alpha value is -2.38. The van der Waals surface area contributed by atoms with Gasteiger partial charge in [-0.1, -0.05) is 19.9 Å². The van der Waals surface area contributed by atoms with E-state index in [-0.39, 0.29) is 24.2 Å². The maximum Gasteiger partial charge on any atom is 0.248 e. The highest BCUT2D eigenvalue weighted by molar-refractivity contribution is 5.97. The van der Waals surface area contributed by atoms with Crippen LogP contribution in [0.3, 0.4) is 0 Å². The molecule has 1 atom stereocenters. The molecular formula is C19H28ClN5O2. The molecule has 0 bridgehead atoms. The number of hydrogen-bond donors (Lipinski definition) is 3. The molecule has 1 aromatic carbocycles. The molecule has 2 rings (SSSR count). The van der Waals surface area contributed by atoms with Crippen LogP contribution in [-0.4, -0.2) is 28.1 Å². The number of aromatic nitrogens is 2. The van der Waals surface area contributed by atoms with E-state index >= 15 is 0 Å². The molecule has 8 heteroatoms. The summed E-state index contributed by atoms with van der Waals surface area (Å²) >= 11 is 0. The second kappa shape index (κ2) is 10.1. The molecule has 148 valence electrons. The highest BCUT2D eigenvalue weighted by atomic mass is 35.5. The number of anilines is 2. The number of nitrogens with one attached hydrogen (secondary N) is 2. The van der Waals surface area contributed by atoms with Crippen LogP contribution in [-0.2, 0) is 9.59 Å². The molecule has 0 fully saturated rings. The van der Waals surface area contributed by atoms with Gasteiger partial charge in [0.05, 0.1) is 5.41 Å². The van der Waals surface area contributed by atoms with Crippen molar-refractivity contribution in [2.75, 3.05) is 17.2 Å². The van der Waals surface area contributed by atoms with E-state index in [0.717, 1.165) is 0 Å². The van der Waals surface area contributed by atoms with Crippen molar-refractivity contribution in [1.82, 2.24) is 9.78 Å². The van der Waals surface area contributed by atoms with Gasteiger partial charge in [0, 0.05) is 30.3 Å². The molecule has 0 aliphatic rings. The van der Waals surface area contributed by atoms with E-state index in [1.54, 1.807) is 54.3 Å². The molecule has 0 aliphatic carbocycles. The van der Waals surface area contributed by atoms with Gasteiger partial charge in [0.2, 0.25) is 11.8 Å². The summed E-state index contributed by atoms with van der Waals surface area (Å²) in [6.07, 6.45) is 4.71. The van der Waals surface area contributed by atoms with Crippen LogP contribution < -0.4 is 16.4 Å². The Balaban J connectivity index is 0.00000364. The summed E-state index contributed by atoms with van der Waals surface area (Å²) in [6, 6.07) is 8.42. The van der Waals surface area contributed by atoms with Gasteiger partial charge < -0.3 is 16.4 Å². The van der Waals surface area contributed by atoms with Gasteiger partial charge in [-0.15, -0.1) is 12.4 Å². The lowest BCUT2D eigenvalue weighted by atomic mass is 9.81. The molecule has 1 heterocycles. The topological polar surface area (TPSA) is 102 Å². The Morgan fingerprint density at radius 2 is 1.81 bits per heavy atom.